The molecule has 0 fully saturated rings. The number of unbranched alkanes of at least 4 members (excludes halogenated alkanes) is 1. The number of ketones is 1. The maximum atomic E-state index is 12.3. The van der Waals surface area contributed by atoms with E-state index in [9.17, 15) is 18.0 Å². The predicted octanol–water partition coefficient (Wildman–Crippen LogP) is 3.92. The van der Waals surface area contributed by atoms with Crippen LogP contribution in [0.5, 0.6) is 5.75 Å². The van der Waals surface area contributed by atoms with Crippen molar-refractivity contribution in [2.45, 2.75) is 32.9 Å². The monoisotopic (exact) mass is 260 g/mol. The van der Waals surface area contributed by atoms with Crippen molar-refractivity contribution in [1.82, 2.24) is 0 Å². The molecular weight excluding hydrogens is 245 g/mol. The summed E-state index contributed by atoms with van der Waals surface area (Å²) in [5.74, 6) is -1.33. The normalized spacial score (nSPS) is 11.4. The van der Waals surface area contributed by atoms with Gasteiger partial charge in [0.1, 0.15) is 5.75 Å². The van der Waals surface area contributed by atoms with E-state index in [1.165, 1.54) is 19.1 Å². The summed E-state index contributed by atoms with van der Waals surface area (Å²) in [6.45, 7) is 3.99. The number of Topliss-reactive ketones (excluding diaryl/α,β-unsaturated/α-hetero) is 1. The topological polar surface area (TPSA) is 26.3 Å². The molecule has 0 saturated carbocycles. The summed E-state index contributed by atoms with van der Waals surface area (Å²) in [5.41, 5.74) is -0.0586. The lowest BCUT2D eigenvalue weighted by atomic mass is 10.0. The molecule has 18 heavy (non-hydrogen) atoms. The average molecular weight is 260 g/mol. The lowest BCUT2D eigenvalue weighted by molar-refractivity contribution is -0.0885. The molecule has 0 atom stereocenters. The number of rotatable bonds is 5. The number of hydrogen-bond acceptors (Lipinski definition) is 2. The van der Waals surface area contributed by atoms with Gasteiger partial charge in [0, 0.05) is 5.56 Å². The molecule has 2 nitrogen and oxygen atoms in total. The Morgan fingerprint density at radius 2 is 2.00 bits per heavy atom. The molecule has 0 spiro atoms. The smallest absolute Gasteiger partial charge is 0.454 e. The zero-order valence-corrected chi connectivity index (χ0v) is 10.3. The van der Waals surface area contributed by atoms with Crippen molar-refractivity contribution < 1.29 is 22.7 Å². The van der Waals surface area contributed by atoms with E-state index in [4.69, 9.17) is 4.74 Å². The van der Waals surface area contributed by atoms with Gasteiger partial charge < -0.3 is 4.74 Å². The van der Waals surface area contributed by atoms with Crippen LogP contribution in [0, 0.1) is 6.92 Å². The second-order valence-corrected chi connectivity index (χ2v) is 4.01. The molecule has 0 saturated heterocycles. The summed E-state index contributed by atoms with van der Waals surface area (Å²) in [7, 11) is 0. The van der Waals surface area contributed by atoms with Crippen LogP contribution >= 0.6 is 0 Å². The second-order valence-electron chi connectivity index (χ2n) is 4.01. The fraction of sp³-hybridized carbons (Fsp3) is 0.462. The maximum Gasteiger partial charge on any atom is 0.454 e. The van der Waals surface area contributed by atoms with Gasteiger partial charge >= 0.3 is 6.18 Å². The van der Waals surface area contributed by atoms with Gasteiger partial charge in [0.25, 0.3) is 5.78 Å². The first-order chi connectivity index (χ1) is 8.36. The predicted molar refractivity (Wildman–Crippen MR) is 62.0 cm³/mol. The van der Waals surface area contributed by atoms with E-state index < -0.39 is 12.0 Å². The van der Waals surface area contributed by atoms with Crippen molar-refractivity contribution in [2.24, 2.45) is 0 Å². The number of hydrogen-bond donors (Lipinski definition) is 0. The summed E-state index contributed by atoms with van der Waals surface area (Å²) in [6, 6.07) is 4.00. The lowest BCUT2D eigenvalue weighted by Crippen LogP contribution is -2.23. The Morgan fingerprint density at radius 1 is 1.33 bits per heavy atom. The molecule has 0 unspecified atom stereocenters. The number of carbonyl (C=O) groups is 1. The molecule has 0 aliphatic carbocycles. The highest BCUT2D eigenvalue weighted by Gasteiger charge is 2.39. The van der Waals surface area contributed by atoms with Crippen LogP contribution in [-0.4, -0.2) is 18.6 Å². The quantitative estimate of drug-likeness (QED) is 0.592. The number of ether oxygens (including phenoxy) is 1. The van der Waals surface area contributed by atoms with E-state index in [1.807, 2.05) is 6.92 Å². The highest BCUT2D eigenvalue weighted by molar-refractivity contribution is 6.01. The van der Waals surface area contributed by atoms with E-state index in [1.54, 1.807) is 0 Å². The summed E-state index contributed by atoms with van der Waals surface area (Å²) in [4.78, 5) is 11.1. The number of aryl methyl sites for hydroxylation is 1. The first-order valence-corrected chi connectivity index (χ1v) is 5.71. The van der Waals surface area contributed by atoms with E-state index in [-0.39, 0.29) is 11.1 Å². The van der Waals surface area contributed by atoms with Crippen LogP contribution in [-0.2, 0) is 0 Å². The highest BCUT2D eigenvalue weighted by atomic mass is 19.4. The second kappa shape index (κ2) is 5.89. The van der Waals surface area contributed by atoms with Gasteiger partial charge in [-0.05, 0) is 37.1 Å². The zero-order chi connectivity index (χ0) is 13.8. The minimum atomic E-state index is -4.84. The van der Waals surface area contributed by atoms with Gasteiger partial charge in [0.05, 0.1) is 6.61 Å². The number of benzene rings is 1. The van der Waals surface area contributed by atoms with Crippen LogP contribution in [0.25, 0.3) is 0 Å². The van der Waals surface area contributed by atoms with Gasteiger partial charge in [-0.2, -0.15) is 13.2 Å². The van der Waals surface area contributed by atoms with Gasteiger partial charge in [-0.1, -0.05) is 13.3 Å². The SMILES string of the molecule is CCCCOc1ccc(C(=O)C(F)(F)F)c(C)c1. The molecule has 100 valence electrons. The molecule has 1 rings (SSSR count). The molecular formula is C13H15F3O2. The third kappa shape index (κ3) is 3.75. The summed E-state index contributed by atoms with van der Waals surface area (Å²) < 4.78 is 42.2. The fourth-order valence-corrected chi connectivity index (χ4v) is 1.47. The van der Waals surface area contributed by atoms with Gasteiger partial charge in [-0.3, -0.25) is 4.79 Å². The third-order valence-corrected chi connectivity index (χ3v) is 2.47. The van der Waals surface area contributed by atoms with Crippen molar-refractivity contribution in [3.63, 3.8) is 0 Å². The van der Waals surface area contributed by atoms with Crippen molar-refractivity contribution in [1.29, 1.82) is 0 Å². The molecule has 0 bridgehead atoms. The van der Waals surface area contributed by atoms with E-state index in [0.717, 1.165) is 18.9 Å². The molecule has 0 amide bonds. The third-order valence-electron chi connectivity index (χ3n) is 2.47. The standard InChI is InChI=1S/C13H15F3O2/c1-3-4-7-18-10-5-6-11(9(2)8-10)12(17)13(14,15)16/h5-6,8H,3-4,7H2,1-2H3. The van der Waals surface area contributed by atoms with Gasteiger partial charge in [-0.15, -0.1) is 0 Å². The number of halogens is 3. The maximum absolute atomic E-state index is 12.3. The Bertz CT molecular complexity index is 425. The Labute approximate surface area is 104 Å². The van der Waals surface area contributed by atoms with Crippen molar-refractivity contribution in [3.05, 3.63) is 29.3 Å². The van der Waals surface area contributed by atoms with Crippen molar-refractivity contribution in [3.8, 4) is 5.75 Å². The Balaban J connectivity index is 2.83. The first kappa shape index (κ1) is 14.5. The largest absolute Gasteiger partial charge is 0.494 e. The Kier molecular flexibility index (Phi) is 4.76. The van der Waals surface area contributed by atoms with E-state index >= 15 is 0 Å². The molecule has 0 aliphatic rings. The van der Waals surface area contributed by atoms with Crippen LogP contribution in [0.3, 0.4) is 0 Å². The van der Waals surface area contributed by atoms with Crippen LogP contribution in [0.1, 0.15) is 35.7 Å². The minimum Gasteiger partial charge on any atom is -0.494 e. The first-order valence-electron chi connectivity index (χ1n) is 5.71. The number of alkyl halides is 3. The summed E-state index contributed by atoms with van der Waals surface area (Å²) in [6.07, 6.45) is -2.98. The molecule has 0 heterocycles. The Hall–Kier alpha value is -1.52. The lowest BCUT2D eigenvalue weighted by Gasteiger charge is -2.10. The molecule has 0 radical (unpaired) electrons. The van der Waals surface area contributed by atoms with Crippen molar-refractivity contribution >= 4 is 5.78 Å². The Morgan fingerprint density at radius 3 is 2.50 bits per heavy atom. The zero-order valence-electron chi connectivity index (χ0n) is 10.3. The van der Waals surface area contributed by atoms with E-state index in [2.05, 4.69) is 0 Å². The van der Waals surface area contributed by atoms with Crippen LogP contribution < -0.4 is 4.74 Å². The molecule has 5 heteroatoms. The van der Waals surface area contributed by atoms with Gasteiger partial charge in [0.2, 0.25) is 0 Å². The molecule has 1 aromatic carbocycles. The van der Waals surface area contributed by atoms with E-state index in [0.29, 0.717) is 12.4 Å². The fourth-order valence-electron chi connectivity index (χ4n) is 1.47. The molecule has 0 N–H and O–H groups in total. The van der Waals surface area contributed by atoms with Crippen LogP contribution in [0.4, 0.5) is 13.2 Å². The van der Waals surface area contributed by atoms with Crippen molar-refractivity contribution in [2.75, 3.05) is 6.61 Å². The summed E-state index contributed by atoms with van der Waals surface area (Å²) in [5, 5.41) is 0. The van der Waals surface area contributed by atoms with Gasteiger partial charge in [0.15, 0.2) is 0 Å². The number of carbonyl (C=O) groups excluding carboxylic acids is 1. The molecule has 0 aliphatic heterocycles. The molecule has 0 aromatic heterocycles. The minimum absolute atomic E-state index is 0.270. The van der Waals surface area contributed by atoms with Crippen LogP contribution in [0.2, 0.25) is 0 Å². The van der Waals surface area contributed by atoms with Crippen LogP contribution in [0.15, 0.2) is 18.2 Å². The molecule has 1 aromatic rings. The highest BCUT2D eigenvalue weighted by Crippen LogP contribution is 2.25. The van der Waals surface area contributed by atoms with Gasteiger partial charge in [-0.25, -0.2) is 0 Å². The summed E-state index contributed by atoms with van der Waals surface area (Å²) >= 11 is 0. The average Bonchev–Trinajstić information content (AvgIpc) is 2.27.